The molecule has 0 saturated heterocycles. The van der Waals surface area contributed by atoms with E-state index in [2.05, 4.69) is 31.4 Å². The van der Waals surface area contributed by atoms with Gasteiger partial charge in [-0.3, -0.25) is 20.9 Å². The number of aryl methyl sites for hydroxylation is 2. The maximum absolute atomic E-state index is 13.3. The Morgan fingerprint density at radius 3 is 2.85 bits per heavy atom. The minimum Gasteiger partial charge on any atom is -0.271 e. The standard InChI is InChI=1S/C13H17BrFN5/c1-3-20-12(13(14)8(2)19-20)5-11(18-16)9-4-10(15)7-17-6-9/h4,6-7,11,18H,3,5,16H2,1-2H3. The van der Waals surface area contributed by atoms with Crippen molar-refractivity contribution in [2.75, 3.05) is 0 Å². The lowest BCUT2D eigenvalue weighted by Crippen LogP contribution is -2.30. The van der Waals surface area contributed by atoms with Crippen molar-refractivity contribution in [1.29, 1.82) is 0 Å². The molecule has 0 amide bonds. The third kappa shape index (κ3) is 3.05. The van der Waals surface area contributed by atoms with Crippen molar-refractivity contribution in [3.05, 3.63) is 45.7 Å². The van der Waals surface area contributed by atoms with Gasteiger partial charge in [-0.05, 0) is 41.4 Å². The van der Waals surface area contributed by atoms with Crippen molar-refractivity contribution < 1.29 is 4.39 Å². The fourth-order valence-electron chi connectivity index (χ4n) is 2.15. The van der Waals surface area contributed by atoms with Crippen LogP contribution in [0.15, 0.2) is 22.9 Å². The van der Waals surface area contributed by atoms with Gasteiger partial charge in [-0.15, -0.1) is 0 Å². The number of aromatic nitrogens is 3. The summed E-state index contributed by atoms with van der Waals surface area (Å²) in [4.78, 5) is 3.86. The van der Waals surface area contributed by atoms with E-state index in [4.69, 9.17) is 5.84 Å². The van der Waals surface area contributed by atoms with Gasteiger partial charge in [0.05, 0.1) is 28.1 Å². The van der Waals surface area contributed by atoms with Gasteiger partial charge >= 0.3 is 0 Å². The monoisotopic (exact) mass is 341 g/mol. The molecule has 3 N–H and O–H groups in total. The number of pyridine rings is 1. The number of rotatable bonds is 5. The summed E-state index contributed by atoms with van der Waals surface area (Å²) in [6.45, 7) is 4.73. The fraction of sp³-hybridized carbons (Fsp3) is 0.385. The first-order valence-corrected chi connectivity index (χ1v) is 7.14. The van der Waals surface area contributed by atoms with E-state index < -0.39 is 0 Å². The van der Waals surface area contributed by atoms with E-state index in [-0.39, 0.29) is 11.9 Å². The Kier molecular flexibility index (Phi) is 4.85. The molecule has 0 aliphatic heterocycles. The van der Waals surface area contributed by atoms with E-state index in [9.17, 15) is 4.39 Å². The van der Waals surface area contributed by atoms with Crippen LogP contribution in [-0.4, -0.2) is 14.8 Å². The van der Waals surface area contributed by atoms with Gasteiger partial charge in [0.15, 0.2) is 0 Å². The molecule has 0 radical (unpaired) electrons. The van der Waals surface area contributed by atoms with Crippen molar-refractivity contribution in [3.63, 3.8) is 0 Å². The van der Waals surface area contributed by atoms with Crippen LogP contribution in [0.25, 0.3) is 0 Å². The van der Waals surface area contributed by atoms with Crippen LogP contribution in [0.2, 0.25) is 0 Å². The summed E-state index contributed by atoms with van der Waals surface area (Å²) in [7, 11) is 0. The molecule has 0 aliphatic carbocycles. The van der Waals surface area contributed by atoms with E-state index in [0.717, 1.165) is 22.4 Å². The molecule has 0 aliphatic rings. The summed E-state index contributed by atoms with van der Waals surface area (Å²) < 4.78 is 16.1. The minimum atomic E-state index is -0.373. The van der Waals surface area contributed by atoms with Gasteiger partial charge in [-0.25, -0.2) is 4.39 Å². The predicted molar refractivity (Wildman–Crippen MR) is 78.3 cm³/mol. The second-order valence-electron chi connectivity index (χ2n) is 4.52. The van der Waals surface area contributed by atoms with E-state index in [1.54, 1.807) is 6.20 Å². The zero-order valence-electron chi connectivity index (χ0n) is 11.4. The van der Waals surface area contributed by atoms with Crippen molar-refractivity contribution in [1.82, 2.24) is 20.2 Å². The first-order valence-electron chi connectivity index (χ1n) is 6.35. The third-order valence-electron chi connectivity index (χ3n) is 3.18. The largest absolute Gasteiger partial charge is 0.271 e. The van der Waals surface area contributed by atoms with Crippen molar-refractivity contribution in [2.45, 2.75) is 32.9 Å². The molecular weight excluding hydrogens is 325 g/mol. The average molecular weight is 342 g/mol. The summed E-state index contributed by atoms with van der Waals surface area (Å²) in [5.74, 6) is 5.23. The number of nitrogens with one attached hydrogen (secondary N) is 1. The number of halogens is 2. The van der Waals surface area contributed by atoms with Crippen molar-refractivity contribution in [3.8, 4) is 0 Å². The molecule has 2 heterocycles. The maximum Gasteiger partial charge on any atom is 0.141 e. The molecule has 0 fully saturated rings. The Morgan fingerprint density at radius 1 is 1.50 bits per heavy atom. The second-order valence-corrected chi connectivity index (χ2v) is 5.31. The third-order valence-corrected chi connectivity index (χ3v) is 4.21. The van der Waals surface area contributed by atoms with Gasteiger partial charge in [0.25, 0.3) is 0 Å². The lowest BCUT2D eigenvalue weighted by Gasteiger charge is -2.17. The number of nitrogens with two attached hydrogens (primary N) is 1. The lowest BCUT2D eigenvalue weighted by atomic mass is 10.0. The Balaban J connectivity index is 2.31. The summed E-state index contributed by atoms with van der Waals surface area (Å²) >= 11 is 3.54. The first-order chi connectivity index (χ1) is 9.56. The maximum atomic E-state index is 13.3. The normalized spacial score (nSPS) is 12.7. The molecule has 0 saturated carbocycles. The van der Waals surface area contributed by atoms with Crippen LogP contribution in [0.1, 0.15) is 29.9 Å². The van der Waals surface area contributed by atoms with E-state index in [0.29, 0.717) is 12.0 Å². The molecule has 5 nitrogen and oxygen atoms in total. The molecule has 0 aromatic carbocycles. The van der Waals surface area contributed by atoms with Gasteiger partial charge in [-0.2, -0.15) is 5.10 Å². The molecule has 2 rings (SSSR count). The van der Waals surface area contributed by atoms with Gasteiger partial charge in [0, 0.05) is 19.2 Å². The average Bonchev–Trinajstić information content (AvgIpc) is 2.71. The Morgan fingerprint density at radius 2 is 2.25 bits per heavy atom. The van der Waals surface area contributed by atoms with Gasteiger partial charge in [-0.1, -0.05) is 0 Å². The van der Waals surface area contributed by atoms with Crippen molar-refractivity contribution >= 4 is 15.9 Å². The van der Waals surface area contributed by atoms with Gasteiger partial charge in [0.2, 0.25) is 0 Å². The summed E-state index contributed by atoms with van der Waals surface area (Å²) in [6, 6.07) is 1.21. The van der Waals surface area contributed by atoms with E-state index >= 15 is 0 Å². The van der Waals surface area contributed by atoms with Crippen molar-refractivity contribution in [2.24, 2.45) is 5.84 Å². The predicted octanol–water partition coefficient (Wildman–Crippen LogP) is 2.26. The molecule has 2 aromatic rings. The number of nitrogens with zero attached hydrogens (tertiary/aromatic N) is 3. The molecule has 20 heavy (non-hydrogen) atoms. The van der Waals surface area contributed by atoms with Crippen LogP contribution in [0.3, 0.4) is 0 Å². The van der Waals surface area contributed by atoms with E-state index in [1.807, 2.05) is 18.5 Å². The van der Waals surface area contributed by atoms with Gasteiger partial charge in [0.1, 0.15) is 5.82 Å². The summed E-state index contributed by atoms with van der Waals surface area (Å²) in [5, 5.41) is 4.44. The first kappa shape index (κ1) is 15.1. The minimum absolute atomic E-state index is 0.226. The molecule has 0 spiro atoms. The smallest absolute Gasteiger partial charge is 0.141 e. The van der Waals surface area contributed by atoms with Crippen LogP contribution in [0.5, 0.6) is 0 Å². The Hall–Kier alpha value is -1.31. The van der Waals surface area contributed by atoms with Crippen LogP contribution in [-0.2, 0) is 13.0 Å². The zero-order valence-corrected chi connectivity index (χ0v) is 13.0. The molecule has 108 valence electrons. The zero-order chi connectivity index (χ0) is 14.7. The second kappa shape index (κ2) is 6.43. The number of hydrogen-bond acceptors (Lipinski definition) is 4. The lowest BCUT2D eigenvalue weighted by molar-refractivity contribution is 0.510. The van der Waals surface area contributed by atoms with Crippen LogP contribution >= 0.6 is 15.9 Å². The molecule has 1 unspecified atom stereocenters. The summed E-state index contributed by atoms with van der Waals surface area (Å²) in [5.41, 5.74) is 5.37. The topological polar surface area (TPSA) is 68.8 Å². The highest BCUT2D eigenvalue weighted by atomic mass is 79.9. The van der Waals surface area contributed by atoms with Crippen LogP contribution < -0.4 is 11.3 Å². The molecule has 0 bridgehead atoms. The molecule has 7 heteroatoms. The quantitative estimate of drug-likeness (QED) is 0.646. The molecule has 2 aromatic heterocycles. The Labute approximate surface area is 125 Å². The highest BCUT2D eigenvalue weighted by Crippen LogP contribution is 2.26. The molecule has 1 atom stereocenters. The Bertz CT molecular complexity index is 598. The highest BCUT2D eigenvalue weighted by molar-refractivity contribution is 9.10. The summed E-state index contributed by atoms with van der Waals surface area (Å²) in [6.07, 6.45) is 3.38. The number of hydrogen-bond donors (Lipinski definition) is 2. The fourth-order valence-corrected chi connectivity index (χ4v) is 2.60. The highest BCUT2D eigenvalue weighted by Gasteiger charge is 2.18. The molecular formula is C13H17BrFN5. The van der Waals surface area contributed by atoms with Gasteiger partial charge < -0.3 is 0 Å². The SMILES string of the molecule is CCn1nc(C)c(Br)c1CC(NN)c1cncc(F)c1. The number of hydrazine groups is 1. The van der Waals surface area contributed by atoms with Crippen LogP contribution in [0.4, 0.5) is 4.39 Å². The van der Waals surface area contributed by atoms with Crippen LogP contribution in [0, 0.1) is 12.7 Å². The van der Waals surface area contributed by atoms with E-state index in [1.165, 1.54) is 12.3 Å².